The number of hydrogen-bond acceptors (Lipinski definition) is 4. The number of carbonyl (C=O) groups is 1. The van der Waals surface area contributed by atoms with E-state index >= 15 is 0 Å². The largest absolute Gasteiger partial charge is 0.308 e. The van der Waals surface area contributed by atoms with Crippen LogP contribution in [0.4, 0.5) is 5.69 Å². The number of fused-ring (bicyclic) bond motifs is 1. The third-order valence-corrected chi connectivity index (χ3v) is 7.20. The molecular weight excluding hydrogens is 362 g/mol. The zero-order valence-corrected chi connectivity index (χ0v) is 16.2. The van der Waals surface area contributed by atoms with Crippen molar-refractivity contribution < 1.29 is 13.2 Å². The zero-order valence-electron chi connectivity index (χ0n) is 15.4. The third kappa shape index (κ3) is 3.37. The van der Waals surface area contributed by atoms with E-state index in [9.17, 15) is 13.2 Å². The molecule has 6 nitrogen and oxygen atoms in total. The van der Waals surface area contributed by atoms with E-state index in [-0.39, 0.29) is 5.91 Å². The molecule has 0 spiro atoms. The van der Waals surface area contributed by atoms with Crippen molar-refractivity contribution in [1.82, 2.24) is 9.29 Å². The first-order valence-electron chi connectivity index (χ1n) is 9.34. The molecule has 0 aliphatic carbocycles. The van der Waals surface area contributed by atoms with Gasteiger partial charge in [0.05, 0.1) is 10.5 Å². The van der Waals surface area contributed by atoms with Gasteiger partial charge >= 0.3 is 0 Å². The molecule has 27 heavy (non-hydrogen) atoms. The molecule has 1 amide bonds. The number of carbonyl (C=O) groups excluding carboxylic acids is 1. The molecule has 4 rings (SSSR count). The highest BCUT2D eigenvalue weighted by Gasteiger charge is 2.30. The summed E-state index contributed by atoms with van der Waals surface area (Å²) in [5.74, 6) is -0.104. The number of amides is 1. The molecule has 1 aromatic heterocycles. The van der Waals surface area contributed by atoms with Crippen LogP contribution in [-0.2, 0) is 16.4 Å². The lowest BCUT2D eigenvalue weighted by atomic mass is 10.1. The van der Waals surface area contributed by atoms with Gasteiger partial charge in [0.15, 0.2) is 0 Å². The highest BCUT2D eigenvalue weighted by molar-refractivity contribution is 7.89. The molecule has 1 saturated heterocycles. The topological polar surface area (TPSA) is 70.6 Å². The summed E-state index contributed by atoms with van der Waals surface area (Å²) in [5.41, 5.74) is 3.10. The fourth-order valence-corrected chi connectivity index (χ4v) is 5.32. The second-order valence-corrected chi connectivity index (χ2v) is 9.09. The molecule has 2 aliphatic heterocycles. The molecule has 7 heteroatoms. The van der Waals surface area contributed by atoms with Crippen LogP contribution in [0.2, 0.25) is 0 Å². The maximum atomic E-state index is 12.9. The lowest BCUT2D eigenvalue weighted by molar-refractivity contribution is 0.0989. The summed E-state index contributed by atoms with van der Waals surface area (Å²) >= 11 is 0. The van der Waals surface area contributed by atoms with Gasteiger partial charge in [-0.1, -0.05) is 6.42 Å². The quantitative estimate of drug-likeness (QED) is 0.815. The SMILES string of the molecule is Cc1ccc(C(=O)N2CCc3cc(S(=O)(=O)N4CCCCC4)ccc32)cn1. The summed E-state index contributed by atoms with van der Waals surface area (Å²) in [4.78, 5) is 19.0. The van der Waals surface area contributed by atoms with Crippen LogP contribution in [-0.4, -0.2) is 43.2 Å². The van der Waals surface area contributed by atoms with E-state index in [1.807, 2.05) is 13.0 Å². The lowest BCUT2D eigenvalue weighted by Gasteiger charge is -2.26. The minimum Gasteiger partial charge on any atom is -0.308 e. The van der Waals surface area contributed by atoms with Gasteiger partial charge in [-0.15, -0.1) is 0 Å². The van der Waals surface area contributed by atoms with Gasteiger partial charge in [-0.05, 0) is 62.1 Å². The first-order chi connectivity index (χ1) is 13.0. The number of sulfonamides is 1. The molecule has 2 aliphatic rings. The predicted molar refractivity (Wildman–Crippen MR) is 103 cm³/mol. The molecule has 0 radical (unpaired) electrons. The summed E-state index contributed by atoms with van der Waals surface area (Å²) in [6.07, 6.45) is 5.16. The minimum atomic E-state index is -3.46. The number of aromatic nitrogens is 1. The van der Waals surface area contributed by atoms with E-state index in [2.05, 4.69) is 4.98 Å². The van der Waals surface area contributed by atoms with E-state index in [0.717, 1.165) is 36.2 Å². The molecule has 1 aromatic carbocycles. The van der Waals surface area contributed by atoms with Gasteiger partial charge < -0.3 is 4.90 Å². The van der Waals surface area contributed by atoms with Crippen molar-refractivity contribution in [2.75, 3.05) is 24.5 Å². The Labute approximate surface area is 159 Å². The Morgan fingerprint density at radius 1 is 1.04 bits per heavy atom. The van der Waals surface area contributed by atoms with Crippen LogP contribution in [0, 0.1) is 6.92 Å². The number of rotatable bonds is 3. The number of hydrogen-bond donors (Lipinski definition) is 0. The van der Waals surface area contributed by atoms with Crippen LogP contribution in [0.1, 0.15) is 40.9 Å². The minimum absolute atomic E-state index is 0.104. The van der Waals surface area contributed by atoms with Crippen molar-refractivity contribution in [1.29, 1.82) is 0 Å². The normalized spacial score (nSPS) is 17.7. The number of pyridine rings is 1. The van der Waals surface area contributed by atoms with Gasteiger partial charge in [0.2, 0.25) is 10.0 Å². The predicted octanol–water partition coefficient (Wildman–Crippen LogP) is 2.77. The number of benzene rings is 1. The van der Waals surface area contributed by atoms with Gasteiger partial charge in [-0.25, -0.2) is 8.42 Å². The zero-order chi connectivity index (χ0) is 19.0. The number of anilines is 1. The average molecular weight is 385 g/mol. The molecule has 0 N–H and O–H groups in total. The maximum absolute atomic E-state index is 12.9. The van der Waals surface area contributed by atoms with Gasteiger partial charge in [0.1, 0.15) is 0 Å². The van der Waals surface area contributed by atoms with Gasteiger partial charge in [0, 0.05) is 37.2 Å². The van der Waals surface area contributed by atoms with Crippen LogP contribution in [0.25, 0.3) is 0 Å². The van der Waals surface area contributed by atoms with Gasteiger partial charge in [-0.2, -0.15) is 4.31 Å². The van der Waals surface area contributed by atoms with Crippen LogP contribution >= 0.6 is 0 Å². The molecular formula is C20H23N3O3S. The standard InChI is InChI=1S/C20H23N3O3S/c1-15-5-6-17(14-21-15)20(24)23-12-9-16-13-18(7-8-19(16)23)27(25,26)22-10-3-2-4-11-22/h5-8,13-14H,2-4,9-12H2,1H3. The summed E-state index contributed by atoms with van der Waals surface area (Å²) in [6, 6.07) is 8.72. The lowest BCUT2D eigenvalue weighted by Crippen LogP contribution is -2.35. The monoisotopic (exact) mass is 385 g/mol. The van der Waals surface area contributed by atoms with Crippen molar-refractivity contribution in [3.05, 3.63) is 53.3 Å². The van der Waals surface area contributed by atoms with Gasteiger partial charge in [0.25, 0.3) is 5.91 Å². The molecule has 2 aromatic rings. The van der Waals surface area contributed by atoms with Crippen molar-refractivity contribution in [2.24, 2.45) is 0 Å². The van der Waals surface area contributed by atoms with Crippen molar-refractivity contribution in [3.63, 3.8) is 0 Å². The number of piperidine rings is 1. The van der Waals surface area contributed by atoms with Crippen LogP contribution in [0.5, 0.6) is 0 Å². The second-order valence-electron chi connectivity index (χ2n) is 7.15. The van der Waals surface area contributed by atoms with E-state index in [1.165, 1.54) is 0 Å². The third-order valence-electron chi connectivity index (χ3n) is 5.30. The number of aryl methyl sites for hydroxylation is 1. The van der Waals surface area contributed by atoms with E-state index in [1.54, 1.807) is 39.7 Å². The van der Waals surface area contributed by atoms with E-state index in [0.29, 0.717) is 36.5 Å². The molecule has 0 saturated carbocycles. The Balaban J connectivity index is 1.60. The van der Waals surface area contributed by atoms with Crippen LogP contribution in [0.3, 0.4) is 0 Å². The molecule has 3 heterocycles. The fourth-order valence-electron chi connectivity index (χ4n) is 3.75. The molecule has 0 bridgehead atoms. The molecule has 0 unspecified atom stereocenters. The van der Waals surface area contributed by atoms with Crippen LogP contribution < -0.4 is 4.90 Å². The van der Waals surface area contributed by atoms with Crippen molar-refractivity contribution in [2.45, 2.75) is 37.5 Å². The molecule has 142 valence electrons. The first-order valence-corrected chi connectivity index (χ1v) is 10.8. The fraction of sp³-hybridized carbons (Fsp3) is 0.400. The first kappa shape index (κ1) is 18.1. The number of nitrogens with zero attached hydrogens (tertiary/aromatic N) is 3. The molecule has 1 fully saturated rings. The van der Waals surface area contributed by atoms with Crippen LogP contribution in [0.15, 0.2) is 41.4 Å². The van der Waals surface area contributed by atoms with E-state index < -0.39 is 10.0 Å². The Bertz CT molecular complexity index is 964. The van der Waals surface area contributed by atoms with Gasteiger partial charge in [-0.3, -0.25) is 9.78 Å². The Morgan fingerprint density at radius 2 is 1.81 bits per heavy atom. The molecule has 0 atom stereocenters. The summed E-state index contributed by atoms with van der Waals surface area (Å²) in [5, 5.41) is 0. The van der Waals surface area contributed by atoms with Crippen molar-refractivity contribution in [3.8, 4) is 0 Å². The highest BCUT2D eigenvalue weighted by atomic mass is 32.2. The Hall–Kier alpha value is -2.25. The Kier molecular flexibility index (Phi) is 4.74. The summed E-state index contributed by atoms with van der Waals surface area (Å²) < 4.78 is 27.4. The summed E-state index contributed by atoms with van der Waals surface area (Å²) in [6.45, 7) is 3.61. The van der Waals surface area contributed by atoms with Crippen molar-refractivity contribution >= 4 is 21.6 Å². The van der Waals surface area contributed by atoms with E-state index in [4.69, 9.17) is 0 Å². The average Bonchev–Trinajstić information content (AvgIpc) is 3.12. The smallest absolute Gasteiger partial charge is 0.259 e. The maximum Gasteiger partial charge on any atom is 0.259 e. The summed E-state index contributed by atoms with van der Waals surface area (Å²) in [7, 11) is -3.46. The second kappa shape index (κ2) is 7.05. The Morgan fingerprint density at radius 3 is 2.52 bits per heavy atom. The highest BCUT2D eigenvalue weighted by Crippen LogP contribution is 2.32.